The fourth-order valence-electron chi connectivity index (χ4n) is 12.4. The van der Waals surface area contributed by atoms with E-state index < -0.39 is 266 Å². The lowest BCUT2D eigenvalue weighted by Gasteiger charge is -2.50. The number of non-ortho nitro benzene ring substituents is 1. The first-order chi connectivity index (χ1) is 44.9. The Balaban J connectivity index is 0.713. The maximum atomic E-state index is 11.5. The van der Waals surface area contributed by atoms with Crippen LogP contribution in [0.4, 0.5) is 5.69 Å². The molecule has 532 valence electrons. The first-order valence-electron chi connectivity index (χ1n) is 30.2. The average molecular weight is 1360 g/mol. The number of rotatable bonds is 22. The maximum absolute atomic E-state index is 11.5. The summed E-state index contributed by atoms with van der Waals surface area (Å²) in [6, 6.07) is 13.6. The van der Waals surface area contributed by atoms with E-state index in [1.807, 2.05) is 0 Å². The molecule has 8 saturated heterocycles. The molecule has 10 rings (SSSR count). The third-order valence-electron chi connectivity index (χ3n) is 17.7. The summed E-state index contributed by atoms with van der Waals surface area (Å²) in [5.74, 6) is -0.901. The van der Waals surface area contributed by atoms with Crippen LogP contribution in [0, 0.1) is 16.0 Å². The number of nitrogens with zero attached hydrogens (tertiary/aromatic N) is 1. The van der Waals surface area contributed by atoms with Gasteiger partial charge in [-0.05, 0) is 12.1 Å². The van der Waals surface area contributed by atoms with Gasteiger partial charge in [0, 0.05) is 23.6 Å². The van der Waals surface area contributed by atoms with E-state index in [9.17, 15) is 107 Å². The van der Waals surface area contributed by atoms with Gasteiger partial charge in [-0.3, -0.25) is 10.1 Å². The Morgan fingerprint density at radius 3 is 1.06 bits per heavy atom. The van der Waals surface area contributed by atoms with Crippen molar-refractivity contribution < 1.29 is 178 Å². The van der Waals surface area contributed by atoms with Crippen molar-refractivity contribution in [2.24, 2.45) is 5.92 Å². The van der Waals surface area contributed by atoms with Gasteiger partial charge in [-0.15, -0.1) is 0 Å². The number of fused-ring (bicyclic) bond motifs is 1. The van der Waals surface area contributed by atoms with Crippen LogP contribution in [0.1, 0.15) is 18.8 Å². The summed E-state index contributed by atoms with van der Waals surface area (Å²) < 4.78 is 92.4. The molecule has 38 nitrogen and oxygen atoms in total. The summed E-state index contributed by atoms with van der Waals surface area (Å²) in [7, 11) is 0. The molecular formula is C56H81NO37. The van der Waals surface area contributed by atoms with E-state index in [1.54, 1.807) is 30.3 Å². The molecule has 8 aliphatic heterocycles. The molecule has 8 heterocycles. The number of ether oxygens (including phenoxy) is 16. The molecule has 0 aromatic heterocycles. The zero-order chi connectivity index (χ0) is 67.7. The first kappa shape index (κ1) is 73.0. The van der Waals surface area contributed by atoms with E-state index in [4.69, 9.17) is 75.8 Å². The van der Waals surface area contributed by atoms with Crippen LogP contribution in [0.3, 0.4) is 0 Å². The molecule has 94 heavy (non-hydrogen) atoms. The van der Waals surface area contributed by atoms with Crippen LogP contribution < -0.4 is 4.74 Å². The van der Waals surface area contributed by atoms with E-state index in [-0.39, 0.29) is 18.0 Å². The molecular weight excluding hydrogens is 1280 g/mol. The Morgan fingerprint density at radius 2 is 0.713 bits per heavy atom. The summed E-state index contributed by atoms with van der Waals surface area (Å²) in [5.41, 5.74) is 0.393. The number of nitro benzene ring substituents is 1. The molecule has 38 heteroatoms. The third-order valence-corrected chi connectivity index (χ3v) is 17.7. The second-order valence-corrected chi connectivity index (χ2v) is 23.8. The van der Waals surface area contributed by atoms with Gasteiger partial charge in [0.15, 0.2) is 44.0 Å². The molecule has 1 unspecified atom stereocenters. The minimum Gasteiger partial charge on any atom is -0.462 e. The Labute approximate surface area is 532 Å². The Bertz CT molecular complexity index is 2670. The molecule has 0 radical (unpaired) electrons. The van der Waals surface area contributed by atoms with Crippen LogP contribution >= 0.6 is 0 Å². The molecule has 0 spiro atoms. The molecule has 36 atom stereocenters. The molecule has 2 aromatic carbocycles. The summed E-state index contributed by atoms with van der Waals surface area (Å²) in [6.45, 7) is -4.45. The third kappa shape index (κ3) is 15.1. The van der Waals surface area contributed by atoms with Gasteiger partial charge in [0.2, 0.25) is 6.29 Å². The van der Waals surface area contributed by atoms with Crippen molar-refractivity contribution in [2.45, 2.75) is 222 Å². The average Bonchev–Trinajstić information content (AvgIpc) is 0.832. The smallest absolute Gasteiger partial charge is 0.269 e. The number of hydrogen-bond donors (Lipinski definition) is 19. The molecule has 8 fully saturated rings. The van der Waals surface area contributed by atoms with E-state index in [1.165, 1.54) is 19.1 Å². The standard InChI is InChI=1S/C56H81NO37/c1-18-29(64)50(80-21-9-7-20(8-10-21)57(77)78)81-22(11-58)42(18)88-51-36(71)30(65)43(23(12-59)82-51)90-52-37(72)31(66)44(24(13-60)83-52)91-53-38(73)32(67)45(25(14-61)84-53)92-54-39(74)33(68)46(26(15-62)85-54)93-55-40(75)34(69)47(27(16-63)86-55)94-56-41(76)35(70)48-28(87-56)17-79-49(89-48)19-5-3-2-4-6-19/h2-10,18,22-56,58-76H,11-17H2,1H3/t18-,22-,23+,24+,25+,26+,27+,28+,29-,30+,31+,32+,33+,34+,35+,36+,37+,38+,39+,40+,41+,42-,43+,44+,45+,46+,47+,48+,49?,50+,51+,52+,53+,54+,55+,56+/m0/s1. The van der Waals surface area contributed by atoms with Crippen LogP contribution in [0.2, 0.25) is 0 Å². The summed E-state index contributed by atoms with van der Waals surface area (Å²) in [6.07, 6.45) is -62.6. The number of nitro groups is 1. The predicted molar refractivity (Wildman–Crippen MR) is 293 cm³/mol. The van der Waals surface area contributed by atoms with E-state index in [0.29, 0.717) is 5.56 Å². The molecule has 0 aliphatic carbocycles. The van der Waals surface area contributed by atoms with Crippen LogP contribution in [0.15, 0.2) is 54.6 Å². The topological polar surface area (TPSA) is 575 Å². The van der Waals surface area contributed by atoms with Crippen LogP contribution in [-0.2, 0) is 71.1 Å². The maximum Gasteiger partial charge on any atom is 0.269 e. The Hall–Kier alpha value is -3.72. The van der Waals surface area contributed by atoms with Gasteiger partial charge in [0.1, 0.15) is 164 Å². The quantitative estimate of drug-likeness (QED) is 0.0384. The SMILES string of the molecule is C[C@H]1[C@H](O)[C@H](Oc2ccc([N+](=O)[O-])cc2)O[C@@H](CO)[C@H]1O[C@H]1O[C@H](CO)[C@@H](O[C@H]2O[C@H](CO)[C@@H](O[C@H]3O[C@H](CO)[C@@H](O[C@H]4O[C@H](CO)[C@@H](O[C@H]5O[C@H](CO)[C@@H](O[C@H]6O[C@@H]7COC(c8ccccc8)O[C@H]7[C@H](O)[C@H]6O)[C@H](O)[C@H]5O)[C@H](O)[C@H]4O)[C@H](O)[C@H]3O)[C@H](O)[C@H]2O)[C@H](O)[C@H]1O. The molecule has 2 aromatic rings. The lowest BCUT2D eigenvalue weighted by molar-refractivity contribution is -0.400. The monoisotopic (exact) mass is 1360 g/mol. The second-order valence-electron chi connectivity index (χ2n) is 23.8. The lowest BCUT2D eigenvalue weighted by Crippen LogP contribution is -2.68. The van der Waals surface area contributed by atoms with Crippen LogP contribution in [-0.4, -0.2) is 357 Å². The Morgan fingerprint density at radius 1 is 0.394 bits per heavy atom. The zero-order valence-corrected chi connectivity index (χ0v) is 49.7. The van der Waals surface area contributed by atoms with Gasteiger partial charge < -0.3 is 173 Å². The van der Waals surface area contributed by atoms with Gasteiger partial charge in [-0.25, -0.2) is 0 Å². The molecule has 8 aliphatic rings. The van der Waals surface area contributed by atoms with E-state index >= 15 is 0 Å². The van der Waals surface area contributed by atoms with Crippen LogP contribution in [0.5, 0.6) is 5.75 Å². The first-order valence-corrected chi connectivity index (χ1v) is 30.2. The second kappa shape index (κ2) is 31.6. The highest BCUT2D eigenvalue weighted by Gasteiger charge is 2.59. The lowest BCUT2D eigenvalue weighted by atomic mass is 9.90. The normalized spacial score (nSPS) is 47.7. The van der Waals surface area contributed by atoms with Crippen LogP contribution in [0.25, 0.3) is 0 Å². The molecule has 0 saturated carbocycles. The highest BCUT2D eigenvalue weighted by Crippen LogP contribution is 2.40. The van der Waals surface area contributed by atoms with Gasteiger partial charge in [0.05, 0.1) is 57.3 Å². The minimum atomic E-state index is -2.23. The molecule has 0 bridgehead atoms. The molecule has 19 N–H and O–H groups in total. The molecule has 0 amide bonds. The van der Waals surface area contributed by atoms with Crippen molar-refractivity contribution in [3.8, 4) is 5.75 Å². The van der Waals surface area contributed by atoms with Gasteiger partial charge >= 0.3 is 0 Å². The summed E-state index contributed by atoms with van der Waals surface area (Å²) in [4.78, 5) is 10.5. The van der Waals surface area contributed by atoms with Gasteiger partial charge in [-0.2, -0.15) is 0 Å². The number of benzene rings is 2. The number of aliphatic hydroxyl groups excluding tert-OH is 19. The number of hydrogen-bond acceptors (Lipinski definition) is 37. The summed E-state index contributed by atoms with van der Waals surface area (Å²) in [5, 5.41) is 221. The zero-order valence-electron chi connectivity index (χ0n) is 49.7. The van der Waals surface area contributed by atoms with Gasteiger partial charge in [-0.1, -0.05) is 37.3 Å². The summed E-state index contributed by atoms with van der Waals surface area (Å²) >= 11 is 0. The van der Waals surface area contributed by atoms with Crippen molar-refractivity contribution in [1.82, 2.24) is 0 Å². The van der Waals surface area contributed by atoms with Crippen molar-refractivity contribution in [1.29, 1.82) is 0 Å². The van der Waals surface area contributed by atoms with Crippen molar-refractivity contribution in [2.75, 3.05) is 46.2 Å². The highest BCUT2D eigenvalue weighted by molar-refractivity contribution is 5.36. The van der Waals surface area contributed by atoms with E-state index in [0.717, 1.165) is 12.1 Å². The predicted octanol–water partition coefficient (Wildman–Crippen LogP) is -10.2. The Kier molecular flexibility index (Phi) is 24.6. The fourth-order valence-corrected chi connectivity index (χ4v) is 12.4. The number of aliphatic hydroxyl groups is 19. The largest absolute Gasteiger partial charge is 0.462 e. The van der Waals surface area contributed by atoms with Crippen molar-refractivity contribution in [3.63, 3.8) is 0 Å². The van der Waals surface area contributed by atoms with E-state index in [2.05, 4.69) is 0 Å². The van der Waals surface area contributed by atoms with Gasteiger partial charge in [0.25, 0.3) is 5.69 Å². The minimum absolute atomic E-state index is 0.0691. The highest BCUT2D eigenvalue weighted by atomic mass is 16.8. The van der Waals surface area contributed by atoms with Crippen molar-refractivity contribution in [3.05, 3.63) is 70.3 Å². The van der Waals surface area contributed by atoms with Crippen molar-refractivity contribution >= 4 is 5.69 Å². The fraction of sp³-hybridized carbons (Fsp3) is 0.786.